The van der Waals surface area contributed by atoms with Crippen molar-refractivity contribution in [2.24, 2.45) is 4.99 Å². The van der Waals surface area contributed by atoms with Crippen LogP contribution in [0.5, 0.6) is 0 Å². The Morgan fingerprint density at radius 1 is 1.29 bits per heavy atom. The summed E-state index contributed by atoms with van der Waals surface area (Å²) in [5.74, 6) is -0.186. The molecule has 0 spiro atoms. The van der Waals surface area contributed by atoms with Gasteiger partial charge in [0.1, 0.15) is 0 Å². The highest BCUT2D eigenvalue weighted by atomic mass is 35.5. The van der Waals surface area contributed by atoms with Crippen LogP contribution in [0.2, 0.25) is 5.02 Å². The fraction of sp³-hybridized carbons (Fsp3) is 0.167. The number of rotatable bonds is 1. The molecule has 1 aromatic carbocycles. The van der Waals surface area contributed by atoms with Crippen LogP contribution < -0.4 is 0 Å². The van der Waals surface area contributed by atoms with Crippen molar-refractivity contribution >= 4 is 40.5 Å². The van der Waals surface area contributed by atoms with E-state index in [9.17, 15) is 4.79 Å². The number of aliphatic imine (C=N–C) groups is 1. The van der Waals surface area contributed by atoms with E-state index < -0.39 is 0 Å². The maximum Gasteiger partial charge on any atom is 0.286 e. The average Bonchev–Trinajstić information content (AvgIpc) is 2.64. The van der Waals surface area contributed by atoms with Crippen molar-refractivity contribution in [3.8, 4) is 0 Å². The molecule has 0 atom stereocenters. The van der Waals surface area contributed by atoms with E-state index in [1.807, 2.05) is 37.2 Å². The van der Waals surface area contributed by atoms with E-state index in [0.717, 1.165) is 10.7 Å². The molecule has 1 aliphatic rings. The number of carbonyl (C=O) groups is 1. The van der Waals surface area contributed by atoms with Crippen LogP contribution >= 0.6 is 23.4 Å². The molecule has 1 heterocycles. The summed E-state index contributed by atoms with van der Waals surface area (Å²) in [5, 5.41) is 1.40. The molecular formula is C12H11ClN2OS. The number of halogens is 1. The highest BCUT2D eigenvalue weighted by Gasteiger charge is 2.22. The summed E-state index contributed by atoms with van der Waals surface area (Å²) < 4.78 is 0. The Balaban J connectivity index is 2.20. The fourth-order valence-electron chi connectivity index (χ4n) is 1.30. The topological polar surface area (TPSA) is 32.7 Å². The Labute approximate surface area is 109 Å². The van der Waals surface area contributed by atoms with E-state index in [-0.39, 0.29) is 5.91 Å². The average molecular weight is 267 g/mol. The number of carbonyl (C=O) groups excluding carboxylic acids is 1. The van der Waals surface area contributed by atoms with Gasteiger partial charge in [0.25, 0.3) is 5.91 Å². The van der Waals surface area contributed by atoms with Crippen molar-refractivity contribution in [3.63, 3.8) is 0 Å². The third kappa shape index (κ3) is 2.90. The number of amidine groups is 1. The summed E-state index contributed by atoms with van der Waals surface area (Å²) in [7, 11) is 3.73. The van der Waals surface area contributed by atoms with Crippen LogP contribution in [0.25, 0.3) is 6.08 Å². The van der Waals surface area contributed by atoms with Gasteiger partial charge in [0, 0.05) is 19.1 Å². The van der Waals surface area contributed by atoms with Crippen LogP contribution in [-0.4, -0.2) is 30.1 Å². The van der Waals surface area contributed by atoms with Crippen molar-refractivity contribution < 1.29 is 4.79 Å². The number of nitrogens with zero attached hydrogens (tertiary/aromatic N) is 2. The maximum atomic E-state index is 11.6. The third-order valence-electron chi connectivity index (χ3n) is 2.16. The molecule has 0 aliphatic carbocycles. The van der Waals surface area contributed by atoms with Crippen LogP contribution in [0, 0.1) is 0 Å². The lowest BCUT2D eigenvalue weighted by atomic mass is 10.2. The van der Waals surface area contributed by atoms with E-state index in [1.54, 1.807) is 12.1 Å². The van der Waals surface area contributed by atoms with Gasteiger partial charge in [0.05, 0.1) is 4.91 Å². The molecule has 17 heavy (non-hydrogen) atoms. The van der Waals surface area contributed by atoms with Gasteiger partial charge in [-0.1, -0.05) is 23.7 Å². The van der Waals surface area contributed by atoms with E-state index in [1.165, 1.54) is 11.8 Å². The summed E-state index contributed by atoms with van der Waals surface area (Å²) in [6.07, 6.45) is 1.82. The molecular weight excluding hydrogens is 256 g/mol. The van der Waals surface area contributed by atoms with Gasteiger partial charge in [-0.15, -0.1) is 0 Å². The van der Waals surface area contributed by atoms with Gasteiger partial charge in [-0.3, -0.25) is 4.79 Å². The maximum absolute atomic E-state index is 11.6. The fourth-order valence-corrected chi connectivity index (χ4v) is 2.26. The van der Waals surface area contributed by atoms with E-state index in [0.29, 0.717) is 9.93 Å². The molecule has 88 valence electrons. The zero-order valence-electron chi connectivity index (χ0n) is 9.48. The normalized spacial score (nSPS) is 17.5. The Morgan fingerprint density at radius 3 is 2.47 bits per heavy atom. The molecule has 0 N–H and O–H groups in total. The molecule has 0 radical (unpaired) electrons. The summed E-state index contributed by atoms with van der Waals surface area (Å²) in [6, 6.07) is 7.34. The van der Waals surface area contributed by atoms with Gasteiger partial charge in [0.15, 0.2) is 5.17 Å². The van der Waals surface area contributed by atoms with Crippen LogP contribution in [0.4, 0.5) is 0 Å². The SMILES string of the molecule is CN(C)C1=NC(=O)C(=Cc2ccc(Cl)cc2)S1. The first-order valence-corrected chi connectivity index (χ1v) is 6.21. The second kappa shape index (κ2) is 4.94. The smallest absolute Gasteiger partial charge is 0.286 e. The molecule has 1 aromatic rings. The summed E-state index contributed by atoms with van der Waals surface area (Å²) in [5.41, 5.74) is 0.945. The lowest BCUT2D eigenvalue weighted by Crippen LogP contribution is -2.16. The number of thioether (sulfide) groups is 1. The molecule has 3 nitrogen and oxygen atoms in total. The highest BCUT2D eigenvalue weighted by molar-refractivity contribution is 8.18. The van der Waals surface area contributed by atoms with Gasteiger partial charge in [0.2, 0.25) is 0 Å². The predicted octanol–water partition coefficient (Wildman–Crippen LogP) is 2.87. The Morgan fingerprint density at radius 2 is 1.94 bits per heavy atom. The number of hydrogen-bond acceptors (Lipinski definition) is 3. The minimum absolute atomic E-state index is 0.186. The van der Waals surface area contributed by atoms with E-state index >= 15 is 0 Å². The zero-order valence-corrected chi connectivity index (χ0v) is 11.0. The Kier molecular flexibility index (Phi) is 3.54. The minimum Gasteiger partial charge on any atom is -0.357 e. The van der Waals surface area contributed by atoms with Crippen LogP contribution in [0.15, 0.2) is 34.2 Å². The van der Waals surface area contributed by atoms with Crippen LogP contribution in [-0.2, 0) is 4.79 Å². The molecule has 1 aliphatic heterocycles. The summed E-state index contributed by atoms with van der Waals surface area (Å²) >= 11 is 7.18. The summed E-state index contributed by atoms with van der Waals surface area (Å²) in [6.45, 7) is 0. The van der Waals surface area contributed by atoms with Crippen LogP contribution in [0.3, 0.4) is 0 Å². The summed E-state index contributed by atoms with van der Waals surface area (Å²) in [4.78, 5) is 18.0. The molecule has 0 saturated carbocycles. The van der Waals surface area contributed by atoms with Crippen molar-refractivity contribution in [3.05, 3.63) is 39.8 Å². The van der Waals surface area contributed by atoms with Crippen molar-refractivity contribution in [1.82, 2.24) is 4.90 Å². The molecule has 0 fully saturated rings. The molecule has 1 amide bonds. The third-order valence-corrected chi connectivity index (χ3v) is 3.56. The number of hydrogen-bond donors (Lipinski definition) is 0. The second-order valence-electron chi connectivity index (χ2n) is 3.76. The number of benzene rings is 1. The zero-order chi connectivity index (χ0) is 12.4. The van der Waals surface area contributed by atoms with Crippen molar-refractivity contribution in [1.29, 1.82) is 0 Å². The lowest BCUT2D eigenvalue weighted by Gasteiger charge is -2.08. The van der Waals surface area contributed by atoms with Gasteiger partial charge in [-0.25, -0.2) is 0 Å². The first kappa shape index (κ1) is 12.2. The largest absolute Gasteiger partial charge is 0.357 e. The molecule has 2 rings (SSSR count). The Hall–Kier alpha value is -1.26. The van der Waals surface area contributed by atoms with Gasteiger partial charge in [-0.05, 0) is 35.5 Å². The van der Waals surface area contributed by atoms with Gasteiger partial charge in [-0.2, -0.15) is 4.99 Å². The minimum atomic E-state index is -0.186. The van der Waals surface area contributed by atoms with Gasteiger partial charge >= 0.3 is 0 Å². The molecule has 0 saturated heterocycles. The number of amides is 1. The quantitative estimate of drug-likeness (QED) is 0.733. The first-order chi connectivity index (χ1) is 8.06. The monoisotopic (exact) mass is 266 g/mol. The second-order valence-corrected chi connectivity index (χ2v) is 5.20. The lowest BCUT2D eigenvalue weighted by molar-refractivity contribution is -0.113. The predicted molar refractivity (Wildman–Crippen MR) is 73.1 cm³/mol. The molecule has 5 heteroatoms. The first-order valence-electron chi connectivity index (χ1n) is 5.02. The highest BCUT2D eigenvalue weighted by Crippen LogP contribution is 2.29. The molecule has 0 aromatic heterocycles. The standard InChI is InChI=1S/C12H11ClN2OS/c1-15(2)12-14-11(16)10(17-12)7-8-3-5-9(13)6-4-8/h3-7H,1-2H3. The van der Waals surface area contributed by atoms with Crippen molar-refractivity contribution in [2.45, 2.75) is 0 Å². The molecule has 0 bridgehead atoms. The van der Waals surface area contributed by atoms with Crippen molar-refractivity contribution in [2.75, 3.05) is 14.1 Å². The van der Waals surface area contributed by atoms with E-state index in [4.69, 9.17) is 11.6 Å². The Bertz CT molecular complexity index is 506. The molecule has 0 unspecified atom stereocenters. The van der Waals surface area contributed by atoms with Crippen LogP contribution in [0.1, 0.15) is 5.56 Å². The van der Waals surface area contributed by atoms with Gasteiger partial charge < -0.3 is 4.90 Å². The van der Waals surface area contributed by atoms with E-state index in [2.05, 4.69) is 4.99 Å².